The van der Waals surface area contributed by atoms with Crippen LogP contribution in [0.15, 0.2) is 84.9 Å². The molecule has 4 aliphatic heterocycles. The average Bonchev–Trinajstić information content (AvgIpc) is 1.53. The Hall–Kier alpha value is -3.23. The third kappa shape index (κ3) is 7.10. The molecule has 0 radical (unpaired) electrons. The van der Waals surface area contributed by atoms with Crippen molar-refractivity contribution in [1.82, 2.24) is 10.2 Å². The zero-order chi connectivity index (χ0) is 53.3. The molecule has 0 amide bonds. The second-order valence-corrected chi connectivity index (χ2v) is 27.5. The van der Waals surface area contributed by atoms with Crippen molar-refractivity contribution in [3.63, 3.8) is 0 Å². The van der Waals surface area contributed by atoms with E-state index in [0.717, 1.165) is 111 Å². The Labute approximate surface area is 505 Å². The minimum absolute atomic E-state index is 0. The molecule has 12 nitrogen and oxygen atoms in total. The topological polar surface area (TPSA) is 165 Å². The van der Waals surface area contributed by atoms with Crippen molar-refractivity contribution in [2.75, 3.05) is 27.3 Å². The molecule has 4 aromatic rings. The van der Waals surface area contributed by atoms with Gasteiger partial charge in [0.15, 0.2) is 29.2 Å². The van der Waals surface area contributed by atoms with Crippen LogP contribution in [0.5, 0.6) is 23.0 Å². The number of hydrogen-bond acceptors (Lipinski definition) is 12. The number of benzene rings is 4. The molecule has 6 saturated carbocycles. The van der Waals surface area contributed by atoms with E-state index < -0.39 is 22.4 Å². The molecule has 16 rings (SSSR count). The molecule has 78 heavy (non-hydrogen) atoms. The molecule has 4 spiro atoms. The summed E-state index contributed by atoms with van der Waals surface area (Å²) in [5.41, 5.74) is 3.35. The fraction of sp³-hybridized carbons (Fsp3) is 0.615. The minimum atomic E-state index is -0.991. The molecule has 8 bridgehead atoms. The summed E-state index contributed by atoms with van der Waals surface area (Å²) in [4.78, 5) is 2.04. The number of rotatable bonds is 10. The van der Waals surface area contributed by atoms with Crippen molar-refractivity contribution in [2.24, 2.45) is 33.5 Å². The van der Waals surface area contributed by atoms with Gasteiger partial charge in [0, 0.05) is 77.5 Å². The Balaban J connectivity index is 0.000000162. The largest absolute Gasteiger partial charge is 1.00 e. The summed E-state index contributed by atoms with van der Waals surface area (Å²) in [6.45, 7) is 19.5. The normalized spacial score (nSPS) is 36.7. The maximum absolute atomic E-state index is 12.3. The van der Waals surface area contributed by atoms with E-state index in [4.69, 9.17) is 28.4 Å². The number of nitrogens with one attached hydrogen (secondary N) is 1. The van der Waals surface area contributed by atoms with Gasteiger partial charge in [0.05, 0.1) is 11.2 Å². The van der Waals surface area contributed by atoms with Crippen LogP contribution < -0.4 is 75.6 Å². The fourth-order valence-electron chi connectivity index (χ4n) is 19.0. The monoisotopic (exact) mass is 1090 g/mol. The third-order valence-corrected chi connectivity index (χ3v) is 23.5. The van der Waals surface area contributed by atoms with E-state index in [1.165, 1.54) is 22.3 Å². The first-order valence-electron chi connectivity index (χ1n) is 28.6. The van der Waals surface area contributed by atoms with Crippen LogP contribution in [-0.4, -0.2) is 94.6 Å². The standard InChI is InChI=1S/C33H40N2O4.C32H41NO4.K.H2O/c1-29(2,3)30(4,36)24-18-31-13-14-33(24,37-5)28-32(31)15-16-35(20-34)25(31)17-22-11-12-23(27(39-28)26(22)32)38-19-21-9-7-6-8-10-21;1-28(2,3)29(4,34)23-18-30-13-14-32(23,35-5)27-31(30)15-16-33-24(30)17-21-11-12-22(26(37-27)25(21)31)36-19-20-9-7-6-8-10-20;;/h6-12,24-25,28,36H,13-19H2,1-5H3;6-12,23-24,27,33-34H,13-19H2,1-5H3;;1H2/q;;+1;/p-1/t24-,25?,28?,30?,31-,32?,33-;23-,24?,27?,29?,30-,31?,32-;;/m11../s1. The zero-order valence-corrected chi connectivity index (χ0v) is 51.3. The Morgan fingerprint density at radius 2 is 1.09 bits per heavy atom. The summed E-state index contributed by atoms with van der Waals surface area (Å²) >= 11 is 0. The van der Waals surface area contributed by atoms with E-state index in [9.17, 15) is 15.5 Å². The minimum Gasteiger partial charge on any atom is -0.870 e. The van der Waals surface area contributed by atoms with Crippen LogP contribution >= 0.6 is 0 Å². The molecule has 2 saturated heterocycles. The maximum Gasteiger partial charge on any atom is 1.00 e. The molecular weight excluding hydrogens is 1010 g/mol. The molecule has 14 atom stereocenters. The summed E-state index contributed by atoms with van der Waals surface area (Å²) in [6, 6.07) is 29.7. The second kappa shape index (κ2) is 18.9. The van der Waals surface area contributed by atoms with Crippen molar-refractivity contribution in [3.8, 4) is 29.2 Å². The van der Waals surface area contributed by atoms with Gasteiger partial charge in [0.1, 0.15) is 36.6 Å². The van der Waals surface area contributed by atoms with Gasteiger partial charge in [-0.15, -0.1) is 0 Å². The fourth-order valence-corrected chi connectivity index (χ4v) is 19.0. The molecule has 8 fully saturated rings. The molecule has 4 heterocycles. The van der Waals surface area contributed by atoms with Gasteiger partial charge in [-0.25, -0.2) is 0 Å². The molecule has 0 aromatic heterocycles. The van der Waals surface area contributed by atoms with Crippen molar-refractivity contribution in [3.05, 3.63) is 118 Å². The summed E-state index contributed by atoms with van der Waals surface area (Å²) in [7, 11) is 3.66. The summed E-state index contributed by atoms with van der Waals surface area (Å²) < 4.78 is 40.5. The van der Waals surface area contributed by atoms with Gasteiger partial charge in [0.25, 0.3) is 0 Å². The Kier molecular flexibility index (Phi) is 13.7. The number of ether oxygens (including phenoxy) is 6. The first-order chi connectivity index (χ1) is 36.2. The van der Waals surface area contributed by atoms with Gasteiger partial charge in [-0.3, -0.25) is 0 Å². The number of fused-ring (bicyclic) bond motifs is 4. The molecule has 8 unspecified atom stereocenters. The van der Waals surface area contributed by atoms with Gasteiger partial charge in [-0.1, -0.05) is 114 Å². The SMILES string of the molecule is CO[C@]12CC[C@@]3(C[C@@H]1C(C)(O)C(C)(C)C)C1Cc4ccc(OCc5ccccc5)c5c4C3(CCN1)C2O5.CO[C@]12CC[C@@]3(C[C@@H]1C(C)(O)C(C)(C)C)C1Cc4ccc(OCc5ccccc5)c5c4C3(CCN1C#N)C2O5.[K+].[OH-]. The average molecular weight is 1090 g/mol. The van der Waals surface area contributed by atoms with Crippen LogP contribution in [0, 0.1) is 45.0 Å². The van der Waals surface area contributed by atoms with Gasteiger partial charge in [-0.2, -0.15) is 5.26 Å². The first-order valence-corrected chi connectivity index (χ1v) is 28.6. The van der Waals surface area contributed by atoms with Gasteiger partial charge < -0.3 is 54.3 Å². The van der Waals surface area contributed by atoms with Crippen LogP contribution in [0.4, 0.5) is 0 Å². The Morgan fingerprint density at radius 1 is 0.628 bits per heavy atom. The molecule has 4 aromatic carbocycles. The van der Waals surface area contributed by atoms with Crippen molar-refractivity contribution in [1.29, 1.82) is 5.26 Å². The predicted molar refractivity (Wildman–Crippen MR) is 292 cm³/mol. The van der Waals surface area contributed by atoms with Crippen LogP contribution in [0.3, 0.4) is 0 Å². The van der Waals surface area contributed by atoms with Crippen molar-refractivity contribution < 1.29 is 95.5 Å². The molecule has 4 N–H and O–H groups in total. The first kappa shape index (κ1) is 56.6. The van der Waals surface area contributed by atoms with Crippen LogP contribution in [-0.2, 0) is 46.4 Å². The number of methoxy groups -OCH3 is 2. The van der Waals surface area contributed by atoms with Crippen LogP contribution in [0.25, 0.3) is 0 Å². The van der Waals surface area contributed by atoms with Crippen LogP contribution in [0.2, 0.25) is 0 Å². The summed E-state index contributed by atoms with van der Waals surface area (Å²) in [5.74, 6) is 3.26. The summed E-state index contributed by atoms with van der Waals surface area (Å²) in [5, 5.41) is 38.7. The van der Waals surface area contributed by atoms with E-state index in [2.05, 4.69) is 114 Å². The number of nitriles is 1. The van der Waals surface area contributed by atoms with E-state index in [1.807, 2.05) is 57.2 Å². The predicted octanol–water partition coefficient (Wildman–Crippen LogP) is 7.35. The Bertz CT molecular complexity index is 3010. The molecular formula is C65H82KN3O9. The zero-order valence-electron chi connectivity index (χ0n) is 48.1. The van der Waals surface area contributed by atoms with Crippen molar-refractivity contribution >= 4 is 0 Å². The quantitative estimate of drug-likeness (QED) is 0.107. The smallest absolute Gasteiger partial charge is 0.870 e. The van der Waals surface area contributed by atoms with E-state index in [-0.39, 0.29) is 119 Å². The summed E-state index contributed by atoms with van der Waals surface area (Å²) in [6.07, 6.45) is 11.5. The number of nitrogens with zero attached hydrogens (tertiary/aromatic N) is 2. The molecule has 8 aliphatic carbocycles. The number of hydrogen-bond donors (Lipinski definition) is 3. The van der Waals surface area contributed by atoms with Crippen LogP contribution in [0.1, 0.15) is 140 Å². The number of piperidine rings is 2. The van der Waals surface area contributed by atoms with Crippen molar-refractivity contribution in [2.45, 2.75) is 190 Å². The molecule has 13 heteroatoms. The van der Waals surface area contributed by atoms with Gasteiger partial charge >= 0.3 is 51.4 Å². The molecule has 12 aliphatic rings. The van der Waals surface area contributed by atoms with E-state index in [1.54, 1.807) is 0 Å². The van der Waals surface area contributed by atoms with Gasteiger partial charge in [0.2, 0.25) is 0 Å². The second-order valence-electron chi connectivity index (χ2n) is 27.5. The Morgan fingerprint density at radius 3 is 1.56 bits per heavy atom. The third-order valence-electron chi connectivity index (χ3n) is 23.5. The molecule has 412 valence electrons. The maximum atomic E-state index is 12.3. The van der Waals surface area contributed by atoms with E-state index in [0.29, 0.717) is 19.3 Å². The number of likely N-dealkylation sites (tertiary alicyclic amines) is 1. The number of aliphatic hydroxyl groups is 2. The van der Waals surface area contributed by atoms with E-state index >= 15 is 0 Å². The van der Waals surface area contributed by atoms with Gasteiger partial charge in [-0.05, 0) is 130 Å².